The Morgan fingerprint density at radius 3 is 1.73 bits per heavy atom. The van der Waals surface area contributed by atoms with E-state index in [4.69, 9.17) is 0 Å². The van der Waals surface area contributed by atoms with E-state index in [1.807, 2.05) is 60.7 Å². The zero-order valence-corrected chi connectivity index (χ0v) is 16.2. The fourth-order valence-electron chi connectivity index (χ4n) is 4.02. The van der Waals surface area contributed by atoms with Gasteiger partial charge in [0, 0.05) is 6.04 Å². The molecule has 26 heavy (non-hydrogen) atoms. The lowest BCUT2D eigenvalue weighted by atomic mass is 9.70. The highest BCUT2D eigenvalue weighted by molar-refractivity contribution is 5.86. The van der Waals surface area contributed by atoms with Gasteiger partial charge in [0.15, 0.2) is 0 Å². The van der Waals surface area contributed by atoms with E-state index < -0.39 is 11.4 Å². The van der Waals surface area contributed by atoms with E-state index in [-0.39, 0.29) is 0 Å². The van der Waals surface area contributed by atoms with E-state index in [0.717, 1.165) is 37.1 Å². The molecular formula is C23H31NO2. The molecule has 0 bridgehead atoms. The molecule has 0 aliphatic heterocycles. The third-order valence-corrected chi connectivity index (χ3v) is 5.55. The molecule has 2 rings (SSSR count). The summed E-state index contributed by atoms with van der Waals surface area (Å²) in [6.45, 7) is 8.52. The van der Waals surface area contributed by atoms with Crippen LogP contribution in [0.2, 0.25) is 0 Å². The highest BCUT2D eigenvalue weighted by Crippen LogP contribution is 2.38. The van der Waals surface area contributed by atoms with E-state index in [1.165, 1.54) is 0 Å². The van der Waals surface area contributed by atoms with Gasteiger partial charge in [-0.3, -0.25) is 4.79 Å². The molecule has 0 amide bonds. The summed E-state index contributed by atoms with van der Waals surface area (Å²) >= 11 is 0. The average molecular weight is 354 g/mol. The number of aliphatic carboxylic acids is 1. The lowest BCUT2D eigenvalue weighted by Crippen LogP contribution is -2.41. The first-order chi connectivity index (χ1) is 12.6. The van der Waals surface area contributed by atoms with Crippen molar-refractivity contribution in [2.45, 2.75) is 51.5 Å². The predicted molar refractivity (Wildman–Crippen MR) is 108 cm³/mol. The first-order valence-electron chi connectivity index (χ1n) is 9.68. The van der Waals surface area contributed by atoms with Crippen LogP contribution in [0.3, 0.4) is 0 Å². The van der Waals surface area contributed by atoms with E-state index in [0.29, 0.717) is 12.5 Å². The normalized spacial score (nSPS) is 12.9. The molecule has 1 unspecified atom stereocenters. The summed E-state index contributed by atoms with van der Waals surface area (Å²) in [5.41, 5.74) is 0.699. The van der Waals surface area contributed by atoms with Crippen molar-refractivity contribution in [3.63, 3.8) is 0 Å². The number of nitrogens with zero attached hydrogens (tertiary/aromatic N) is 1. The number of hydrogen-bond acceptors (Lipinski definition) is 2. The van der Waals surface area contributed by atoms with Gasteiger partial charge in [0.2, 0.25) is 0 Å². The van der Waals surface area contributed by atoms with Gasteiger partial charge < -0.3 is 10.0 Å². The van der Waals surface area contributed by atoms with Crippen molar-refractivity contribution in [1.82, 2.24) is 4.90 Å². The first kappa shape index (κ1) is 20.2. The first-order valence-corrected chi connectivity index (χ1v) is 9.68. The molecule has 3 nitrogen and oxygen atoms in total. The van der Waals surface area contributed by atoms with Crippen LogP contribution in [-0.4, -0.2) is 35.1 Å². The minimum atomic E-state index is -1.01. The van der Waals surface area contributed by atoms with Gasteiger partial charge in [-0.1, -0.05) is 81.4 Å². The van der Waals surface area contributed by atoms with E-state index >= 15 is 0 Å². The summed E-state index contributed by atoms with van der Waals surface area (Å²) in [6, 6.07) is 19.8. The van der Waals surface area contributed by atoms with Crippen LogP contribution in [0.1, 0.15) is 51.2 Å². The van der Waals surface area contributed by atoms with Gasteiger partial charge in [-0.15, -0.1) is 0 Å². The molecule has 2 aromatic carbocycles. The van der Waals surface area contributed by atoms with Gasteiger partial charge in [-0.05, 0) is 43.5 Å². The van der Waals surface area contributed by atoms with E-state index in [2.05, 4.69) is 25.7 Å². The summed E-state index contributed by atoms with van der Waals surface area (Å²) in [4.78, 5) is 15.1. The van der Waals surface area contributed by atoms with Crippen molar-refractivity contribution in [2.24, 2.45) is 0 Å². The molecule has 0 heterocycles. The minimum Gasteiger partial charge on any atom is -0.480 e. The van der Waals surface area contributed by atoms with Crippen LogP contribution in [0.4, 0.5) is 0 Å². The largest absolute Gasteiger partial charge is 0.480 e. The van der Waals surface area contributed by atoms with Crippen LogP contribution in [0, 0.1) is 0 Å². The van der Waals surface area contributed by atoms with Crippen molar-refractivity contribution in [3.8, 4) is 0 Å². The van der Waals surface area contributed by atoms with Crippen LogP contribution in [0.25, 0.3) is 0 Å². The molecule has 1 N–H and O–H groups in total. The Hall–Kier alpha value is -2.13. The van der Waals surface area contributed by atoms with Crippen molar-refractivity contribution in [1.29, 1.82) is 0 Å². The molecule has 0 aromatic heterocycles. The molecule has 0 saturated carbocycles. The topological polar surface area (TPSA) is 40.5 Å². The zero-order chi connectivity index (χ0) is 19.0. The van der Waals surface area contributed by atoms with Crippen LogP contribution >= 0.6 is 0 Å². The van der Waals surface area contributed by atoms with Gasteiger partial charge in [-0.25, -0.2) is 0 Å². The fraction of sp³-hybridized carbons (Fsp3) is 0.435. The minimum absolute atomic E-state index is 0.399. The molecule has 0 fully saturated rings. The van der Waals surface area contributed by atoms with E-state index in [9.17, 15) is 9.90 Å². The predicted octanol–water partition coefficient (Wildman–Crippen LogP) is 4.96. The number of carbonyl (C=O) groups is 1. The van der Waals surface area contributed by atoms with Crippen LogP contribution < -0.4 is 0 Å². The average Bonchev–Trinajstić information content (AvgIpc) is 2.69. The maximum absolute atomic E-state index is 12.6. The number of rotatable bonds is 10. The van der Waals surface area contributed by atoms with Gasteiger partial charge in [-0.2, -0.15) is 0 Å². The van der Waals surface area contributed by atoms with Crippen molar-refractivity contribution in [3.05, 3.63) is 71.8 Å². The quantitative estimate of drug-likeness (QED) is 0.656. The van der Waals surface area contributed by atoms with Crippen molar-refractivity contribution < 1.29 is 9.90 Å². The Labute approximate surface area is 157 Å². The standard InChI is InChI=1S/C23H31NO2/c1-4-21(24(5-2)6-3)17-18-23(22(25)26,19-13-9-7-10-14-19)20-15-11-8-12-16-20/h7-16,21H,4-6,17-18H2,1-3H3,(H,25,26). The van der Waals surface area contributed by atoms with Gasteiger partial charge in [0.1, 0.15) is 5.41 Å². The molecule has 0 spiro atoms. The third kappa shape index (κ3) is 4.16. The Bertz CT molecular complexity index is 626. The molecule has 0 aliphatic carbocycles. The Balaban J connectivity index is 2.45. The monoisotopic (exact) mass is 353 g/mol. The summed E-state index contributed by atoms with van der Waals surface area (Å²) in [7, 11) is 0. The summed E-state index contributed by atoms with van der Waals surface area (Å²) < 4.78 is 0. The van der Waals surface area contributed by atoms with Crippen LogP contribution in [-0.2, 0) is 10.2 Å². The van der Waals surface area contributed by atoms with Gasteiger partial charge in [0.25, 0.3) is 0 Å². The number of hydrogen-bond donors (Lipinski definition) is 1. The number of benzene rings is 2. The maximum Gasteiger partial charge on any atom is 0.318 e. The Kier molecular flexibility index (Phi) is 7.40. The zero-order valence-electron chi connectivity index (χ0n) is 16.2. The van der Waals surface area contributed by atoms with Crippen LogP contribution in [0.15, 0.2) is 60.7 Å². The number of carboxylic acids is 1. The Morgan fingerprint density at radius 1 is 0.923 bits per heavy atom. The van der Waals surface area contributed by atoms with Gasteiger partial charge in [0.05, 0.1) is 0 Å². The summed E-state index contributed by atoms with van der Waals surface area (Å²) in [5, 5.41) is 10.4. The Morgan fingerprint density at radius 2 is 1.38 bits per heavy atom. The molecule has 0 aliphatic rings. The second-order valence-corrected chi connectivity index (χ2v) is 6.76. The molecular weight excluding hydrogens is 322 g/mol. The summed E-state index contributed by atoms with van der Waals surface area (Å²) in [5.74, 6) is -0.774. The lowest BCUT2D eigenvalue weighted by molar-refractivity contribution is -0.142. The highest BCUT2D eigenvalue weighted by Gasteiger charge is 2.42. The second kappa shape index (κ2) is 9.54. The number of carboxylic acid groups (broad SMARTS) is 1. The molecule has 140 valence electrons. The second-order valence-electron chi connectivity index (χ2n) is 6.76. The molecule has 0 saturated heterocycles. The van der Waals surface area contributed by atoms with E-state index in [1.54, 1.807) is 0 Å². The summed E-state index contributed by atoms with van der Waals surface area (Å²) in [6.07, 6.45) is 2.47. The van der Waals surface area contributed by atoms with Crippen molar-refractivity contribution >= 4 is 5.97 Å². The highest BCUT2D eigenvalue weighted by atomic mass is 16.4. The third-order valence-electron chi connectivity index (χ3n) is 5.55. The SMILES string of the molecule is CCC(CCC(C(=O)O)(c1ccccc1)c1ccccc1)N(CC)CC. The maximum atomic E-state index is 12.6. The molecule has 1 atom stereocenters. The molecule has 3 heteroatoms. The van der Waals surface area contributed by atoms with Crippen molar-refractivity contribution in [2.75, 3.05) is 13.1 Å². The van der Waals surface area contributed by atoms with Gasteiger partial charge >= 0.3 is 5.97 Å². The molecule has 0 radical (unpaired) electrons. The lowest BCUT2D eigenvalue weighted by Gasteiger charge is -2.35. The molecule has 2 aromatic rings. The van der Waals surface area contributed by atoms with Crippen LogP contribution in [0.5, 0.6) is 0 Å². The smallest absolute Gasteiger partial charge is 0.318 e. The fourth-order valence-corrected chi connectivity index (χ4v) is 4.02.